The van der Waals surface area contributed by atoms with E-state index in [4.69, 9.17) is 9.47 Å². The summed E-state index contributed by atoms with van der Waals surface area (Å²) < 4.78 is 11.0. The van der Waals surface area contributed by atoms with E-state index < -0.39 is 5.60 Å². The van der Waals surface area contributed by atoms with Gasteiger partial charge < -0.3 is 19.7 Å². The molecular formula is C15H28N2O3. The molecule has 0 unspecified atom stereocenters. The first-order valence-corrected chi connectivity index (χ1v) is 7.68. The van der Waals surface area contributed by atoms with Gasteiger partial charge in [0.1, 0.15) is 5.60 Å². The summed E-state index contributed by atoms with van der Waals surface area (Å²) in [6.45, 7) is 11.2. The number of amides is 1. The number of nitrogens with zero attached hydrogens (tertiary/aromatic N) is 1. The fourth-order valence-electron chi connectivity index (χ4n) is 2.81. The maximum absolute atomic E-state index is 12.0. The average Bonchev–Trinajstić information content (AvgIpc) is 2.93. The molecule has 1 N–H and O–H groups in total. The van der Waals surface area contributed by atoms with Crippen molar-refractivity contribution in [1.82, 2.24) is 10.2 Å². The molecule has 2 aliphatic heterocycles. The van der Waals surface area contributed by atoms with Crippen LogP contribution in [-0.4, -0.2) is 55.0 Å². The Bertz CT molecular complexity index is 341. The van der Waals surface area contributed by atoms with E-state index >= 15 is 0 Å². The van der Waals surface area contributed by atoms with Crippen LogP contribution in [0.4, 0.5) is 4.79 Å². The normalized spacial score (nSPS) is 30.8. The van der Waals surface area contributed by atoms with Gasteiger partial charge in [0.15, 0.2) is 0 Å². The van der Waals surface area contributed by atoms with Gasteiger partial charge in [-0.25, -0.2) is 4.79 Å². The number of hydrogen-bond donors (Lipinski definition) is 1. The molecule has 0 spiro atoms. The Kier molecular flexibility index (Phi) is 4.91. The topological polar surface area (TPSA) is 50.8 Å². The fraction of sp³-hybridized carbons (Fsp3) is 0.933. The maximum atomic E-state index is 12.0. The van der Waals surface area contributed by atoms with Crippen LogP contribution in [0.3, 0.4) is 0 Å². The molecule has 0 aromatic carbocycles. The molecule has 0 aromatic rings. The van der Waals surface area contributed by atoms with E-state index in [1.54, 1.807) is 0 Å². The minimum atomic E-state index is -0.413. The molecule has 3 atom stereocenters. The van der Waals surface area contributed by atoms with Crippen LogP contribution in [-0.2, 0) is 9.47 Å². The van der Waals surface area contributed by atoms with E-state index in [1.807, 2.05) is 25.7 Å². The lowest BCUT2D eigenvalue weighted by Crippen LogP contribution is -2.39. The van der Waals surface area contributed by atoms with Crippen molar-refractivity contribution in [3.05, 3.63) is 0 Å². The highest BCUT2D eigenvalue weighted by atomic mass is 16.6. The summed E-state index contributed by atoms with van der Waals surface area (Å²) in [6.07, 6.45) is 2.26. The number of carbonyl (C=O) groups excluding carboxylic acids is 1. The van der Waals surface area contributed by atoms with E-state index in [-0.39, 0.29) is 6.09 Å². The van der Waals surface area contributed by atoms with Gasteiger partial charge >= 0.3 is 6.09 Å². The number of ether oxygens (including phenoxy) is 2. The summed E-state index contributed by atoms with van der Waals surface area (Å²) in [5, 5.41) is 3.58. The van der Waals surface area contributed by atoms with Crippen molar-refractivity contribution in [2.75, 3.05) is 26.2 Å². The molecule has 116 valence electrons. The minimum Gasteiger partial charge on any atom is -0.444 e. The molecule has 0 radical (unpaired) electrons. The number of hydrogen-bond acceptors (Lipinski definition) is 4. The lowest BCUT2D eigenvalue weighted by atomic mass is 10.1. The standard InChI is InChI=1S/C15H28N2O3/c1-11-13(6-8-19-11)16-9-12-5-7-17(10-12)14(18)20-15(2,3)4/h11-13,16H,5-10H2,1-4H3/t11-,12-,13+/m0/s1. The van der Waals surface area contributed by atoms with Crippen molar-refractivity contribution >= 4 is 6.09 Å². The second kappa shape index (κ2) is 6.31. The molecule has 2 rings (SSSR count). The first-order chi connectivity index (χ1) is 9.35. The highest BCUT2D eigenvalue weighted by Gasteiger charge is 2.31. The Morgan fingerprint density at radius 3 is 2.75 bits per heavy atom. The third kappa shape index (κ3) is 4.35. The molecule has 0 aromatic heterocycles. The third-order valence-electron chi connectivity index (χ3n) is 3.98. The average molecular weight is 284 g/mol. The van der Waals surface area contributed by atoms with Gasteiger partial charge in [-0.3, -0.25) is 0 Å². The van der Waals surface area contributed by atoms with Gasteiger partial charge in [0.2, 0.25) is 0 Å². The van der Waals surface area contributed by atoms with Crippen LogP contribution in [0.2, 0.25) is 0 Å². The van der Waals surface area contributed by atoms with Crippen LogP contribution in [0.1, 0.15) is 40.5 Å². The lowest BCUT2D eigenvalue weighted by molar-refractivity contribution is 0.0287. The zero-order valence-electron chi connectivity index (χ0n) is 13.1. The maximum Gasteiger partial charge on any atom is 0.410 e. The second-order valence-electron chi connectivity index (χ2n) is 6.96. The molecule has 0 aliphatic carbocycles. The third-order valence-corrected chi connectivity index (χ3v) is 3.98. The minimum absolute atomic E-state index is 0.183. The summed E-state index contributed by atoms with van der Waals surface area (Å²) >= 11 is 0. The molecular weight excluding hydrogens is 256 g/mol. The molecule has 1 amide bonds. The van der Waals surface area contributed by atoms with Crippen LogP contribution in [0.15, 0.2) is 0 Å². The highest BCUT2D eigenvalue weighted by molar-refractivity contribution is 5.68. The second-order valence-corrected chi connectivity index (χ2v) is 6.96. The number of likely N-dealkylation sites (tertiary alicyclic amines) is 1. The number of carbonyl (C=O) groups is 1. The molecule has 0 bridgehead atoms. The first-order valence-electron chi connectivity index (χ1n) is 7.68. The van der Waals surface area contributed by atoms with Crippen molar-refractivity contribution in [1.29, 1.82) is 0 Å². The largest absolute Gasteiger partial charge is 0.444 e. The molecule has 20 heavy (non-hydrogen) atoms. The van der Waals surface area contributed by atoms with E-state index in [0.717, 1.165) is 39.1 Å². The van der Waals surface area contributed by atoms with Gasteiger partial charge in [0, 0.05) is 32.3 Å². The van der Waals surface area contributed by atoms with Crippen molar-refractivity contribution in [2.24, 2.45) is 5.92 Å². The van der Waals surface area contributed by atoms with Gasteiger partial charge in [0.25, 0.3) is 0 Å². The van der Waals surface area contributed by atoms with Gasteiger partial charge in [-0.2, -0.15) is 0 Å². The molecule has 5 nitrogen and oxygen atoms in total. The van der Waals surface area contributed by atoms with Crippen molar-refractivity contribution in [2.45, 2.75) is 58.3 Å². The molecule has 0 saturated carbocycles. The van der Waals surface area contributed by atoms with Crippen molar-refractivity contribution < 1.29 is 14.3 Å². The van der Waals surface area contributed by atoms with Gasteiger partial charge in [-0.05, 0) is 46.5 Å². The smallest absolute Gasteiger partial charge is 0.410 e. The summed E-state index contributed by atoms with van der Waals surface area (Å²) in [7, 11) is 0. The Labute approximate surface area is 122 Å². The Morgan fingerprint density at radius 1 is 1.40 bits per heavy atom. The lowest BCUT2D eigenvalue weighted by Gasteiger charge is -2.24. The molecule has 2 saturated heterocycles. The molecule has 2 aliphatic rings. The predicted molar refractivity (Wildman–Crippen MR) is 77.7 cm³/mol. The Balaban J connectivity index is 1.71. The Hall–Kier alpha value is -0.810. The number of nitrogens with one attached hydrogen (secondary N) is 1. The summed E-state index contributed by atoms with van der Waals surface area (Å²) in [5.74, 6) is 0.523. The SMILES string of the molecule is C[C@@H]1OCC[C@H]1NC[C@@H]1CCN(C(=O)OC(C)(C)C)C1. The van der Waals surface area contributed by atoms with Gasteiger partial charge in [-0.1, -0.05) is 0 Å². The zero-order chi connectivity index (χ0) is 14.8. The van der Waals surface area contributed by atoms with Crippen molar-refractivity contribution in [3.8, 4) is 0 Å². The van der Waals surface area contributed by atoms with Crippen LogP contribution in [0, 0.1) is 5.92 Å². The monoisotopic (exact) mass is 284 g/mol. The summed E-state index contributed by atoms with van der Waals surface area (Å²) in [6, 6.07) is 0.463. The quantitative estimate of drug-likeness (QED) is 0.861. The van der Waals surface area contributed by atoms with Gasteiger partial charge in [0.05, 0.1) is 6.10 Å². The molecule has 2 fully saturated rings. The van der Waals surface area contributed by atoms with Gasteiger partial charge in [-0.15, -0.1) is 0 Å². The van der Waals surface area contributed by atoms with Crippen molar-refractivity contribution in [3.63, 3.8) is 0 Å². The Morgan fingerprint density at radius 2 is 2.15 bits per heavy atom. The number of rotatable bonds is 3. The van der Waals surface area contributed by atoms with E-state index in [0.29, 0.717) is 18.1 Å². The summed E-state index contributed by atoms with van der Waals surface area (Å²) in [5.41, 5.74) is -0.413. The van der Waals surface area contributed by atoms with Crippen LogP contribution >= 0.6 is 0 Å². The highest BCUT2D eigenvalue weighted by Crippen LogP contribution is 2.20. The summed E-state index contributed by atoms with van der Waals surface area (Å²) in [4.78, 5) is 13.8. The van der Waals surface area contributed by atoms with E-state index in [1.165, 1.54) is 0 Å². The fourth-order valence-corrected chi connectivity index (χ4v) is 2.81. The van der Waals surface area contributed by atoms with Crippen LogP contribution in [0.5, 0.6) is 0 Å². The molecule has 2 heterocycles. The van der Waals surface area contributed by atoms with Crippen LogP contribution < -0.4 is 5.32 Å². The zero-order valence-corrected chi connectivity index (χ0v) is 13.1. The molecule has 5 heteroatoms. The van der Waals surface area contributed by atoms with E-state index in [9.17, 15) is 4.79 Å². The van der Waals surface area contributed by atoms with Crippen LogP contribution in [0.25, 0.3) is 0 Å². The van der Waals surface area contributed by atoms with E-state index in [2.05, 4.69) is 12.2 Å². The first kappa shape index (κ1) is 15.6. The predicted octanol–water partition coefficient (Wildman–Crippen LogP) is 2.01.